The molecular formula is C15H12N4S. The highest BCUT2D eigenvalue weighted by molar-refractivity contribution is 7.98. The molecule has 0 aliphatic rings. The molecule has 0 saturated carbocycles. The lowest BCUT2D eigenvalue weighted by Crippen LogP contribution is -1.96. The number of benzene rings is 1. The zero-order valence-corrected chi connectivity index (χ0v) is 11.8. The number of nitrogens with zero attached hydrogens (tertiary/aromatic N) is 4. The van der Waals surface area contributed by atoms with Crippen LogP contribution in [0.25, 0.3) is 5.65 Å². The molecular weight excluding hydrogens is 268 g/mol. The third kappa shape index (κ3) is 2.26. The van der Waals surface area contributed by atoms with Crippen molar-refractivity contribution in [3.63, 3.8) is 0 Å². The molecule has 2 aromatic heterocycles. The van der Waals surface area contributed by atoms with Gasteiger partial charge in [0.25, 0.3) is 0 Å². The van der Waals surface area contributed by atoms with Crippen molar-refractivity contribution in [1.82, 2.24) is 14.6 Å². The first kappa shape index (κ1) is 12.7. The molecule has 3 aromatic rings. The average Bonchev–Trinajstić information content (AvgIpc) is 2.90. The molecule has 0 radical (unpaired) electrons. The number of hydrogen-bond acceptors (Lipinski definition) is 4. The molecule has 0 aliphatic heterocycles. The van der Waals surface area contributed by atoms with Crippen LogP contribution in [0.15, 0.2) is 47.4 Å². The van der Waals surface area contributed by atoms with E-state index >= 15 is 0 Å². The predicted molar refractivity (Wildman–Crippen MR) is 78.7 cm³/mol. The molecule has 0 atom stereocenters. The summed E-state index contributed by atoms with van der Waals surface area (Å²) in [5.41, 5.74) is 2.41. The lowest BCUT2D eigenvalue weighted by atomic mass is 10.1. The van der Waals surface area contributed by atoms with E-state index in [2.05, 4.69) is 34.5 Å². The molecule has 0 fully saturated rings. The molecule has 3 rings (SSSR count). The van der Waals surface area contributed by atoms with Gasteiger partial charge >= 0.3 is 0 Å². The third-order valence-electron chi connectivity index (χ3n) is 3.06. The minimum atomic E-state index is 0.499. The van der Waals surface area contributed by atoms with Crippen molar-refractivity contribution in [2.24, 2.45) is 0 Å². The molecule has 0 N–H and O–H groups in total. The summed E-state index contributed by atoms with van der Waals surface area (Å²) in [5, 5.41) is 13.5. The van der Waals surface area contributed by atoms with Crippen LogP contribution in [0, 0.1) is 11.3 Å². The SMILES string of the molecule is CSc1ccccc1Cc1nc2cccc(C#N)n2n1. The molecule has 0 saturated heterocycles. The highest BCUT2D eigenvalue weighted by Crippen LogP contribution is 2.21. The van der Waals surface area contributed by atoms with Gasteiger partial charge in [-0.15, -0.1) is 16.9 Å². The van der Waals surface area contributed by atoms with Gasteiger partial charge in [-0.1, -0.05) is 24.3 Å². The van der Waals surface area contributed by atoms with Gasteiger partial charge < -0.3 is 0 Å². The number of rotatable bonds is 3. The summed E-state index contributed by atoms with van der Waals surface area (Å²) in [6, 6.07) is 15.8. The molecule has 0 amide bonds. The molecule has 20 heavy (non-hydrogen) atoms. The minimum Gasteiger partial charge on any atom is -0.212 e. The van der Waals surface area contributed by atoms with Crippen molar-refractivity contribution in [3.8, 4) is 6.07 Å². The van der Waals surface area contributed by atoms with E-state index in [4.69, 9.17) is 5.26 Å². The van der Waals surface area contributed by atoms with E-state index in [1.165, 1.54) is 10.5 Å². The summed E-state index contributed by atoms with van der Waals surface area (Å²) in [7, 11) is 0. The van der Waals surface area contributed by atoms with Crippen molar-refractivity contribution >= 4 is 17.4 Å². The molecule has 0 bridgehead atoms. The third-order valence-corrected chi connectivity index (χ3v) is 3.90. The largest absolute Gasteiger partial charge is 0.212 e. The van der Waals surface area contributed by atoms with E-state index in [1.54, 1.807) is 22.3 Å². The number of aromatic nitrogens is 3. The highest BCUT2D eigenvalue weighted by Gasteiger charge is 2.09. The van der Waals surface area contributed by atoms with Crippen LogP contribution in [0.5, 0.6) is 0 Å². The van der Waals surface area contributed by atoms with Crippen LogP contribution in [-0.2, 0) is 6.42 Å². The Kier molecular flexibility index (Phi) is 3.40. The second-order valence-corrected chi connectivity index (χ2v) is 5.16. The van der Waals surface area contributed by atoms with Crippen LogP contribution in [0.1, 0.15) is 17.1 Å². The lowest BCUT2D eigenvalue weighted by molar-refractivity contribution is 0.882. The first-order valence-corrected chi connectivity index (χ1v) is 7.41. The Morgan fingerprint density at radius 3 is 2.85 bits per heavy atom. The lowest BCUT2D eigenvalue weighted by Gasteiger charge is -2.03. The van der Waals surface area contributed by atoms with Crippen molar-refractivity contribution in [2.75, 3.05) is 6.26 Å². The summed E-state index contributed by atoms with van der Waals surface area (Å²) < 4.78 is 1.59. The van der Waals surface area contributed by atoms with Crippen LogP contribution in [0.2, 0.25) is 0 Å². The van der Waals surface area contributed by atoms with E-state index in [1.807, 2.05) is 24.3 Å². The topological polar surface area (TPSA) is 54.0 Å². The zero-order chi connectivity index (χ0) is 13.9. The van der Waals surface area contributed by atoms with E-state index in [0.717, 1.165) is 5.82 Å². The molecule has 0 unspecified atom stereocenters. The van der Waals surface area contributed by atoms with Gasteiger partial charge in [-0.2, -0.15) is 5.26 Å². The second-order valence-electron chi connectivity index (χ2n) is 4.31. The maximum atomic E-state index is 9.07. The smallest absolute Gasteiger partial charge is 0.157 e. The Bertz CT molecular complexity index is 801. The van der Waals surface area contributed by atoms with Crippen molar-refractivity contribution < 1.29 is 0 Å². The fourth-order valence-corrected chi connectivity index (χ4v) is 2.75. The summed E-state index contributed by atoms with van der Waals surface area (Å²) in [6.07, 6.45) is 2.73. The Morgan fingerprint density at radius 1 is 1.20 bits per heavy atom. The van der Waals surface area contributed by atoms with Crippen LogP contribution in [0.3, 0.4) is 0 Å². The van der Waals surface area contributed by atoms with Gasteiger partial charge in [0.05, 0.1) is 0 Å². The summed E-state index contributed by atoms with van der Waals surface area (Å²) in [4.78, 5) is 5.71. The average molecular weight is 280 g/mol. The van der Waals surface area contributed by atoms with Gasteiger partial charge in [-0.25, -0.2) is 9.50 Å². The van der Waals surface area contributed by atoms with Gasteiger partial charge in [0.2, 0.25) is 0 Å². The molecule has 4 nitrogen and oxygen atoms in total. The first-order chi connectivity index (χ1) is 9.81. The summed E-state index contributed by atoms with van der Waals surface area (Å²) in [6.45, 7) is 0. The van der Waals surface area contributed by atoms with Crippen LogP contribution < -0.4 is 0 Å². The maximum absolute atomic E-state index is 9.07. The molecule has 0 spiro atoms. The van der Waals surface area contributed by atoms with Gasteiger partial charge in [-0.3, -0.25) is 0 Å². The first-order valence-electron chi connectivity index (χ1n) is 6.18. The Balaban J connectivity index is 2.02. The summed E-state index contributed by atoms with van der Waals surface area (Å²) >= 11 is 1.71. The zero-order valence-electron chi connectivity index (χ0n) is 10.9. The number of fused-ring (bicyclic) bond motifs is 1. The van der Waals surface area contributed by atoms with Crippen LogP contribution in [0.4, 0.5) is 0 Å². The Labute approximate surface area is 121 Å². The number of thioether (sulfide) groups is 1. The molecule has 2 heterocycles. The fraction of sp³-hybridized carbons (Fsp3) is 0.133. The van der Waals surface area contributed by atoms with Gasteiger partial charge in [0, 0.05) is 11.3 Å². The van der Waals surface area contributed by atoms with Gasteiger partial charge in [-0.05, 0) is 30.0 Å². The minimum absolute atomic E-state index is 0.499. The normalized spacial score (nSPS) is 10.6. The molecule has 5 heteroatoms. The van der Waals surface area contributed by atoms with Crippen LogP contribution >= 0.6 is 11.8 Å². The summed E-state index contributed by atoms with van der Waals surface area (Å²) in [5.74, 6) is 0.731. The highest BCUT2D eigenvalue weighted by atomic mass is 32.2. The van der Waals surface area contributed by atoms with Gasteiger partial charge in [0.15, 0.2) is 11.5 Å². The van der Waals surface area contributed by atoms with Crippen LogP contribution in [-0.4, -0.2) is 20.9 Å². The quantitative estimate of drug-likeness (QED) is 0.692. The van der Waals surface area contributed by atoms with E-state index in [-0.39, 0.29) is 0 Å². The number of pyridine rings is 1. The molecule has 0 aliphatic carbocycles. The van der Waals surface area contributed by atoms with Gasteiger partial charge in [0.1, 0.15) is 11.8 Å². The van der Waals surface area contributed by atoms with E-state index < -0.39 is 0 Å². The molecule has 1 aromatic carbocycles. The van der Waals surface area contributed by atoms with Crippen molar-refractivity contribution in [1.29, 1.82) is 5.26 Å². The Hall–Kier alpha value is -2.32. The van der Waals surface area contributed by atoms with Crippen molar-refractivity contribution in [3.05, 3.63) is 59.5 Å². The molecule has 98 valence electrons. The van der Waals surface area contributed by atoms with Crippen molar-refractivity contribution in [2.45, 2.75) is 11.3 Å². The Morgan fingerprint density at radius 2 is 2.05 bits per heavy atom. The predicted octanol–water partition coefficient (Wildman–Crippen LogP) is 2.91. The monoisotopic (exact) mass is 280 g/mol. The fourth-order valence-electron chi connectivity index (χ4n) is 2.13. The standard InChI is InChI=1S/C15H12N4S/c1-20-13-7-3-2-5-11(13)9-14-17-15-8-4-6-12(10-16)19(15)18-14/h2-8H,9H2,1H3. The number of hydrogen-bond donors (Lipinski definition) is 0. The second kappa shape index (κ2) is 5.35. The van der Waals surface area contributed by atoms with E-state index in [0.29, 0.717) is 17.8 Å². The van der Waals surface area contributed by atoms with E-state index in [9.17, 15) is 0 Å². The maximum Gasteiger partial charge on any atom is 0.157 e. The number of nitriles is 1.